The van der Waals surface area contributed by atoms with Crippen molar-refractivity contribution < 1.29 is 8.85 Å². The molecule has 0 aromatic heterocycles. The number of unbranched alkanes of at least 4 members (excludes halogenated alkanes) is 7. The van der Waals surface area contributed by atoms with Gasteiger partial charge >= 0.3 is 8.56 Å². The molecule has 0 aliphatic carbocycles. The van der Waals surface area contributed by atoms with Crippen LogP contribution in [0.2, 0.25) is 6.55 Å². The van der Waals surface area contributed by atoms with Crippen molar-refractivity contribution in [2.24, 2.45) is 5.92 Å². The molecule has 0 N–H and O–H groups in total. The van der Waals surface area contributed by atoms with E-state index in [0.29, 0.717) is 5.92 Å². The van der Waals surface area contributed by atoms with Gasteiger partial charge in [0.1, 0.15) is 0 Å². The summed E-state index contributed by atoms with van der Waals surface area (Å²) in [7, 11) is -2.16. The van der Waals surface area contributed by atoms with Crippen molar-refractivity contribution in [1.29, 1.82) is 0 Å². The minimum absolute atomic E-state index is 0.670. The van der Waals surface area contributed by atoms with Crippen LogP contribution in [0.4, 0.5) is 0 Å². The lowest BCUT2D eigenvalue weighted by Gasteiger charge is -2.26. The minimum Gasteiger partial charge on any atom is -0.391 e. The molecule has 0 fully saturated rings. The first kappa shape index (κ1) is 22.9. The lowest BCUT2D eigenvalue weighted by atomic mass is 10.0. The molecular formula is C20H42O2Si. The van der Waals surface area contributed by atoms with Crippen LogP contribution in [-0.4, -0.2) is 21.8 Å². The zero-order valence-electron chi connectivity index (χ0n) is 16.4. The Morgan fingerprint density at radius 1 is 0.870 bits per heavy atom. The van der Waals surface area contributed by atoms with Crippen LogP contribution >= 0.6 is 0 Å². The van der Waals surface area contributed by atoms with Gasteiger partial charge in [-0.15, -0.1) is 6.58 Å². The van der Waals surface area contributed by atoms with Crippen molar-refractivity contribution in [1.82, 2.24) is 0 Å². The topological polar surface area (TPSA) is 18.5 Å². The second kappa shape index (κ2) is 15.4. The van der Waals surface area contributed by atoms with Gasteiger partial charge in [0.15, 0.2) is 0 Å². The van der Waals surface area contributed by atoms with Crippen molar-refractivity contribution in [2.75, 3.05) is 13.2 Å². The molecule has 0 rings (SSSR count). The van der Waals surface area contributed by atoms with Crippen LogP contribution in [0, 0.1) is 5.92 Å². The Kier molecular flexibility index (Phi) is 15.3. The van der Waals surface area contributed by atoms with Crippen molar-refractivity contribution in [3.05, 3.63) is 12.3 Å². The summed E-state index contributed by atoms with van der Waals surface area (Å²) in [6, 6.07) is 0. The smallest absolute Gasteiger partial charge is 0.361 e. The molecule has 2 atom stereocenters. The Morgan fingerprint density at radius 3 is 2.04 bits per heavy atom. The third kappa shape index (κ3) is 12.9. The van der Waals surface area contributed by atoms with E-state index in [1.54, 1.807) is 0 Å². The molecule has 0 spiro atoms. The molecule has 2 unspecified atom stereocenters. The second-order valence-corrected chi connectivity index (χ2v) is 9.93. The van der Waals surface area contributed by atoms with Crippen molar-refractivity contribution in [3.63, 3.8) is 0 Å². The number of hydrogen-bond donors (Lipinski definition) is 0. The Bertz CT molecular complexity index is 270. The van der Waals surface area contributed by atoms with Crippen LogP contribution in [0.3, 0.4) is 0 Å². The molecule has 0 aliphatic rings. The van der Waals surface area contributed by atoms with Gasteiger partial charge < -0.3 is 8.85 Å². The van der Waals surface area contributed by atoms with Crippen molar-refractivity contribution >= 4 is 8.56 Å². The quantitative estimate of drug-likeness (QED) is 0.214. The van der Waals surface area contributed by atoms with Gasteiger partial charge in [0.2, 0.25) is 0 Å². The lowest BCUT2D eigenvalue weighted by molar-refractivity contribution is 0.150. The van der Waals surface area contributed by atoms with E-state index in [9.17, 15) is 0 Å². The van der Waals surface area contributed by atoms with Gasteiger partial charge in [-0.2, -0.15) is 0 Å². The second-order valence-electron chi connectivity index (χ2n) is 6.92. The fourth-order valence-electron chi connectivity index (χ4n) is 2.67. The monoisotopic (exact) mass is 342 g/mol. The van der Waals surface area contributed by atoms with E-state index in [4.69, 9.17) is 8.85 Å². The van der Waals surface area contributed by atoms with E-state index in [1.807, 2.05) is 5.70 Å². The van der Waals surface area contributed by atoms with Gasteiger partial charge in [-0.1, -0.05) is 78.6 Å². The number of hydrogen-bond acceptors (Lipinski definition) is 2. The average Bonchev–Trinajstić information content (AvgIpc) is 2.57. The van der Waals surface area contributed by atoms with E-state index in [-0.39, 0.29) is 0 Å². The molecule has 0 bridgehead atoms. The highest BCUT2D eigenvalue weighted by Crippen LogP contribution is 2.18. The molecule has 0 aromatic rings. The van der Waals surface area contributed by atoms with E-state index in [0.717, 1.165) is 19.6 Å². The molecule has 138 valence electrons. The van der Waals surface area contributed by atoms with Gasteiger partial charge in [0.25, 0.3) is 0 Å². The van der Waals surface area contributed by atoms with Crippen LogP contribution in [-0.2, 0) is 8.85 Å². The van der Waals surface area contributed by atoms with Crippen LogP contribution in [0.15, 0.2) is 12.3 Å². The standard InChI is InChI=1S/C20H42O2Si/c1-6-10-12-13-14-15-16-18-21-23(5,9-4)22-19-20(8-3)17-11-7-2/h9,20H,4,6-8,10-19H2,1-3,5H3. The first-order valence-corrected chi connectivity index (χ1v) is 12.4. The zero-order chi connectivity index (χ0) is 17.4. The van der Waals surface area contributed by atoms with Gasteiger partial charge in [-0.25, -0.2) is 0 Å². The SMILES string of the molecule is C=C[Si](C)(OCCCCCCCCC)OCC(CC)CCCC. The summed E-state index contributed by atoms with van der Waals surface area (Å²) in [4.78, 5) is 0. The molecule has 0 saturated heterocycles. The molecule has 2 nitrogen and oxygen atoms in total. The Balaban J connectivity index is 3.84. The molecule has 3 heteroatoms. The molecule has 0 aromatic carbocycles. The molecule has 0 radical (unpaired) electrons. The Hall–Kier alpha value is -0.123. The van der Waals surface area contributed by atoms with Crippen molar-refractivity contribution in [3.8, 4) is 0 Å². The Labute approximate surface area is 147 Å². The first-order chi connectivity index (χ1) is 11.1. The maximum absolute atomic E-state index is 6.19. The summed E-state index contributed by atoms with van der Waals surface area (Å²) in [5.74, 6) is 0.670. The van der Waals surface area contributed by atoms with E-state index in [1.165, 1.54) is 64.2 Å². The van der Waals surface area contributed by atoms with Crippen LogP contribution in [0.1, 0.15) is 91.4 Å². The molecule has 23 heavy (non-hydrogen) atoms. The molecule has 0 heterocycles. The lowest BCUT2D eigenvalue weighted by Crippen LogP contribution is -2.38. The van der Waals surface area contributed by atoms with Crippen LogP contribution < -0.4 is 0 Å². The van der Waals surface area contributed by atoms with E-state index >= 15 is 0 Å². The maximum Gasteiger partial charge on any atom is 0.361 e. The van der Waals surface area contributed by atoms with Crippen LogP contribution in [0.25, 0.3) is 0 Å². The third-order valence-corrected chi connectivity index (χ3v) is 6.92. The first-order valence-electron chi connectivity index (χ1n) is 10.0. The van der Waals surface area contributed by atoms with Crippen LogP contribution in [0.5, 0.6) is 0 Å². The molecular weight excluding hydrogens is 300 g/mol. The van der Waals surface area contributed by atoms with E-state index in [2.05, 4.69) is 33.9 Å². The molecule has 0 saturated carbocycles. The maximum atomic E-state index is 6.19. The average molecular weight is 343 g/mol. The summed E-state index contributed by atoms with van der Waals surface area (Å²) in [6.45, 7) is 14.5. The van der Waals surface area contributed by atoms with Gasteiger partial charge in [0.05, 0.1) is 0 Å². The molecule has 0 amide bonds. The minimum atomic E-state index is -2.16. The largest absolute Gasteiger partial charge is 0.391 e. The highest BCUT2D eigenvalue weighted by Gasteiger charge is 2.28. The third-order valence-electron chi connectivity index (χ3n) is 4.66. The van der Waals surface area contributed by atoms with Gasteiger partial charge in [-0.05, 0) is 31.0 Å². The summed E-state index contributed by atoms with van der Waals surface area (Å²) in [5, 5.41) is 0. The summed E-state index contributed by atoms with van der Waals surface area (Å²) >= 11 is 0. The van der Waals surface area contributed by atoms with Crippen molar-refractivity contribution in [2.45, 2.75) is 97.9 Å². The molecule has 0 aliphatic heterocycles. The zero-order valence-corrected chi connectivity index (χ0v) is 17.4. The predicted molar refractivity (Wildman–Crippen MR) is 105 cm³/mol. The predicted octanol–water partition coefficient (Wildman–Crippen LogP) is 6.78. The van der Waals surface area contributed by atoms with Gasteiger partial charge in [0, 0.05) is 13.2 Å². The fourth-order valence-corrected chi connectivity index (χ4v) is 4.11. The summed E-state index contributed by atoms with van der Waals surface area (Å²) < 4.78 is 12.3. The summed E-state index contributed by atoms with van der Waals surface area (Å²) in [6.07, 6.45) is 14.2. The van der Waals surface area contributed by atoms with Gasteiger partial charge in [-0.3, -0.25) is 0 Å². The van der Waals surface area contributed by atoms with E-state index < -0.39 is 8.56 Å². The fraction of sp³-hybridized carbons (Fsp3) is 0.900. The normalized spacial score (nSPS) is 15.3. The highest BCUT2D eigenvalue weighted by atomic mass is 28.4. The highest BCUT2D eigenvalue weighted by molar-refractivity contribution is 6.71. The Morgan fingerprint density at radius 2 is 1.48 bits per heavy atom. The number of rotatable bonds is 17. The summed E-state index contributed by atoms with van der Waals surface area (Å²) in [5.41, 5.74) is 1.95.